The zero-order valence-electron chi connectivity index (χ0n) is 19.4. The van der Waals surface area contributed by atoms with Gasteiger partial charge in [0.05, 0.1) is 12.7 Å². The molecule has 0 aliphatic heterocycles. The van der Waals surface area contributed by atoms with Gasteiger partial charge in [0.25, 0.3) is 5.91 Å². The Kier molecular flexibility index (Phi) is 8.54. The molecule has 3 aromatic rings. The molecule has 0 aliphatic carbocycles. The van der Waals surface area contributed by atoms with Gasteiger partial charge in [-0.25, -0.2) is 4.79 Å². The number of ether oxygens (including phenoxy) is 1. The van der Waals surface area contributed by atoms with Crippen molar-refractivity contribution in [1.82, 2.24) is 5.32 Å². The highest BCUT2D eigenvalue weighted by Gasteiger charge is 2.20. The van der Waals surface area contributed by atoms with Crippen molar-refractivity contribution in [2.24, 2.45) is 5.92 Å². The SMILES string of the molecule is COOC(=O)c1cc(C(=O)NCC(C)C)ccc1-c1ccc(OCc2ccccc2)cc1C=O. The van der Waals surface area contributed by atoms with Gasteiger partial charge < -0.3 is 10.1 Å². The van der Waals surface area contributed by atoms with Crippen molar-refractivity contribution in [2.75, 3.05) is 13.7 Å². The lowest BCUT2D eigenvalue weighted by Gasteiger charge is -2.14. The third kappa shape index (κ3) is 6.30. The second-order valence-corrected chi connectivity index (χ2v) is 8.04. The van der Waals surface area contributed by atoms with Crippen molar-refractivity contribution < 1.29 is 28.9 Å². The van der Waals surface area contributed by atoms with E-state index in [1.54, 1.807) is 30.3 Å². The monoisotopic (exact) mass is 461 g/mol. The molecule has 3 aromatic carbocycles. The van der Waals surface area contributed by atoms with E-state index < -0.39 is 5.97 Å². The molecule has 34 heavy (non-hydrogen) atoms. The fourth-order valence-electron chi connectivity index (χ4n) is 3.32. The molecule has 7 nitrogen and oxygen atoms in total. The lowest BCUT2D eigenvalue weighted by Crippen LogP contribution is -2.27. The lowest BCUT2D eigenvalue weighted by molar-refractivity contribution is -0.216. The summed E-state index contributed by atoms with van der Waals surface area (Å²) in [6.07, 6.45) is 0.694. The Morgan fingerprint density at radius 1 is 0.971 bits per heavy atom. The summed E-state index contributed by atoms with van der Waals surface area (Å²) in [5.41, 5.74) is 2.64. The van der Waals surface area contributed by atoms with Crippen LogP contribution < -0.4 is 10.1 Å². The molecule has 0 unspecified atom stereocenters. The van der Waals surface area contributed by atoms with Gasteiger partial charge in [0.1, 0.15) is 12.4 Å². The molecule has 0 aliphatic rings. The average Bonchev–Trinajstić information content (AvgIpc) is 2.86. The van der Waals surface area contributed by atoms with Gasteiger partial charge in [-0.15, -0.1) is 0 Å². The lowest BCUT2D eigenvalue weighted by atomic mass is 9.94. The molecule has 0 radical (unpaired) electrons. The summed E-state index contributed by atoms with van der Waals surface area (Å²) in [4.78, 5) is 46.3. The maximum Gasteiger partial charge on any atom is 0.373 e. The Morgan fingerprint density at radius 2 is 1.71 bits per heavy atom. The molecule has 0 atom stereocenters. The molecule has 0 saturated heterocycles. The summed E-state index contributed by atoms with van der Waals surface area (Å²) < 4.78 is 5.81. The van der Waals surface area contributed by atoms with Gasteiger partial charge in [-0.3, -0.25) is 14.5 Å². The third-order valence-electron chi connectivity index (χ3n) is 5.02. The maximum absolute atomic E-state index is 12.6. The summed E-state index contributed by atoms with van der Waals surface area (Å²) in [5.74, 6) is -0.302. The average molecular weight is 462 g/mol. The number of rotatable bonds is 10. The number of hydrogen-bond acceptors (Lipinski definition) is 6. The smallest absolute Gasteiger partial charge is 0.373 e. The van der Waals surface area contributed by atoms with Crippen molar-refractivity contribution >= 4 is 18.2 Å². The molecule has 1 amide bonds. The van der Waals surface area contributed by atoms with E-state index in [4.69, 9.17) is 9.62 Å². The molecule has 0 spiro atoms. The van der Waals surface area contributed by atoms with Gasteiger partial charge in [0, 0.05) is 17.7 Å². The first-order valence-corrected chi connectivity index (χ1v) is 10.9. The fraction of sp³-hybridized carbons (Fsp3) is 0.222. The predicted octanol–water partition coefficient (Wildman–Crippen LogP) is 4.85. The minimum Gasteiger partial charge on any atom is -0.489 e. The van der Waals surface area contributed by atoms with Crippen LogP contribution >= 0.6 is 0 Å². The molecular formula is C27H27NO6. The zero-order chi connectivity index (χ0) is 24.5. The standard InChI is InChI=1S/C27H27NO6/c1-18(2)15-28-26(30)20-9-11-24(25(14-20)27(31)34-32-3)23-12-10-22(13-21(23)16-29)33-17-19-7-5-4-6-8-19/h4-14,16,18H,15,17H2,1-3H3,(H,28,30). The highest BCUT2D eigenvalue weighted by Crippen LogP contribution is 2.31. The molecule has 0 bridgehead atoms. The Balaban J connectivity index is 1.93. The predicted molar refractivity (Wildman–Crippen MR) is 128 cm³/mol. The molecule has 7 heteroatoms. The van der Waals surface area contributed by atoms with Crippen LogP contribution in [0.3, 0.4) is 0 Å². The van der Waals surface area contributed by atoms with Gasteiger partial charge in [-0.2, -0.15) is 4.89 Å². The highest BCUT2D eigenvalue weighted by molar-refractivity contribution is 6.03. The van der Waals surface area contributed by atoms with Crippen LogP contribution in [0, 0.1) is 5.92 Å². The maximum atomic E-state index is 12.6. The van der Waals surface area contributed by atoms with E-state index >= 15 is 0 Å². The Bertz CT molecular complexity index is 1160. The quantitative estimate of drug-likeness (QED) is 0.264. The first-order chi connectivity index (χ1) is 16.4. The molecule has 0 fully saturated rings. The number of nitrogens with one attached hydrogen (secondary N) is 1. The van der Waals surface area contributed by atoms with E-state index in [2.05, 4.69) is 10.2 Å². The van der Waals surface area contributed by atoms with Crippen LogP contribution in [-0.4, -0.2) is 31.8 Å². The number of hydrogen-bond donors (Lipinski definition) is 1. The minimum atomic E-state index is -0.780. The summed E-state index contributed by atoms with van der Waals surface area (Å²) in [6.45, 7) is 4.82. The van der Waals surface area contributed by atoms with Crippen LogP contribution in [-0.2, 0) is 16.4 Å². The minimum absolute atomic E-state index is 0.0973. The normalized spacial score (nSPS) is 10.6. The van der Waals surface area contributed by atoms with E-state index in [0.717, 1.165) is 5.56 Å². The summed E-state index contributed by atoms with van der Waals surface area (Å²) in [7, 11) is 1.21. The number of amides is 1. The van der Waals surface area contributed by atoms with Crippen molar-refractivity contribution in [3.63, 3.8) is 0 Å². The van der Waals surface area contributed by atoms with E-state index in [0.29, 0.717) is 47.4 Å². The molecule has 176 valence electrons. The van der Waals surface area contributed by atoms with E-state index in [1.165, 1.54) is 13.2 Å². The molecule has 3 rings (SSSR count). The van der Waals surface area contributed by atoms with Gasteiger partial charge in [0.2, 0.25) is 0 Å². The van der Waals surface area contributed by atoms with E-state index in [1.807, 2.05) is 44.2 Å². The zero-order valence-corrected chi connectivity index (χ0v) is 19.4. The Labute approximate surface area is 198 Å². The highest BCUT2D eigenvalue weighted by atomic mass is 17.2. The van der Waals surface area contributed by atoms with Gasteiger partial charge >= 0.3 is 5.97 Å². The largest absolute Gasteiger partial charge is 0.489 e. The Hall–Kier alpha value is -3.97. The van der Waals surface area contributed by atoms with Crippen LogP contribution in [0.15, 0.2) is 66.7 Å². The second kappa shape index (κ2) is 11.8. The van der Waals surface area contributed by atoms with E-state index in [-0.39, 0.29) is 17.4 Å². The van der Waals surface area contributed by atoms with Crippen LogP contribution in [0.25, 0.3) is 11.1 Å². The van der Waals surface area contributed by atoms with Crippen LogP contribution in [0.4, 0.5) is 0 Å². The molecular weight excluding hydrogens is 434 g/mol. The molecule has 0 saturated carbocycles. The third-order valence-corrected chi connectivity index (χ3v) is 5.02. The van der Waals surface area contributed by atoms with E-state index in [9.17, 15) is 14.4 Å². The topological polar surface area (TPSA) is 90.9 Å². The van der Waals surface area contributed by atoms with Crippen molar-refractivity contribution in [3.05, 3.63) is 89.0 Å². The van der Waals surface area contributed by atoms with Gasteiger partial charge in [-0.05, 0) is 52.9 Å². The second-order valence-electron chi connectivity index (χ2n) is 8.04. The van der Waals surface area contributed by atoms with Gasteiger partial charge in [0.15, 0.2) is 6.29 Å². The van der Waals surface area contributed by atoms with Crippen molar-refractivity contribution in [1.29, 1.82) is 0 Å². The molecule has 0 heterocycles. The van der Waals surface area contributed by atoms with Crippen molar-refractivity contribution in [2.45, 2.75) is 20.5 Å². The fourth-order valence-corrected chi connectivity index (χ4v) is 3.32. The summed E-state index contributed by atoms with van der Waals surface area (Å²) >= 11 is 0. The van der Waals surface area contributed by atoms with Crippen molar-refractivity contribution in [3.8, 4) is 16.9 Å². The number of aldehydes is 1. The summed E-state index contributed by atoms with van der Waals surface area (Å²) in [6, 6.07) is 19.3. The molecule has 1 N–H and O–H groups in total. The number of benzene rings is 3. The first kappa shape index (κ1) is 24.7. The number of carbonyl (C=O) groups is 3. The first-order valence-electron chi connectivity index (χ1n) is 10.9. The van der Waals surface area contributed by atoms with Crippen LogP contribution in [0.5, 0.6) is 5.75 Å². The molecule has 0 aromatic heterocycles. The van der Waals surface area contributed by atoms with Gasteiger partial charge in [-0.1, -0.05) is 50.2 Å². The number of carbonyl (C=O) groups excluding carboxylic acids is 3. The Morgan fingerprint density at radius 3 is 2.38 bits per heavy atom. The van der Waals surface area contributed by atoms with Crippen LogP contribution in [0.2, 0.25) is 0 Å². The van der Waals surface area contributed by atoms with Crippen LogP contribution in [0.1, 0.15) is 50.5 Å². The summed E-state index contributed by atoms with van der Waals surface area (Å²) in [5, 5.41) is 2.82.